The van der Waals surface area contributed by atoms with Crippen molar-refractivity contribution in [3.05, 3.63) is 48.2 Å². The maximum Gasteiger partial charge on any atom is 0.313 e. The summed E-state index contributed by atoms with van der Waals surface area (Å²) in [5.74, 6) is -0.876. The smallest absolute Gasteiger partial charge is 0.313 e. The molecular formula is C22H22N4O4S. The molecule has 0 bridgehead atoms. The standard InChI is InChI=1S/C22H22N4O4S/c1-12(2)15-9-16(19(28)10-18(15)27)21-23-24-22(31-11-20(29)30)26(21)14-4-5-17-13(8-14)6-7-25(17)3/h4-10,12,27-28H,11H2,1-3H3,(H,29,30). The summed E-state index contributed by atoms with van der Waals surface area (Å²) in [5, 5.41) is 39.8. The highest BCUT2D eigenvalue weighted by atomic mass is 32.2. The van der Waals surface area contributed by atoms with Gasteiger partial charge in [-0.25, -0.2) is 0 Å². The number of thioether (sulfide) groups is 1. The fourth-order valence-corrected chi connectivity index (χ4v) is 4.21. The highest BCUT2D eigenvalue weighted by molar-refractivity contribution is 7.99. The lowest BCUT2D eigenvalue weighted by atomic mass is 9.98. The third-order valence-electron chi connectivity index (χ3n) is 5.09. The Morgan fingerprint density at radius 3 is 2.58 bits per heavy atom. The lowest BCUT2D eigenvalue weighted by molar-refractivity contribution is -0.133. The minimum Gasteiger partial charge on any atom is -0.508 e. The molecule has 0 fully saturated rings. The van der Waals surface area contributed by atoms with Crippen LogP contribution >= 0.6 is 11.8 Å². The van der Waals surface area contributed by atoms with Gasteiger partial charge in [0, 0.05) is 30.2 Å². The van der Waals surface area contributed by atoms with E-state index in [4.69, 9.17) is 5.11 Å². The molecule has 9 heteroatoms. The van der Waals surface area contributed by atoms with Crippen LogP contribution in [0.15, 0.2) is 47.8 Å². The Morgan fingerprint density at radius 2 is 1.87 bits per heavy atom. The van der Waals surface area contributed by atoms with Crippen molar-refractivity contribution in [3.8, 4) is 28.6 Å². The number of rotatable bonds is 6. The number of aliphatic carboxylic acids is 1. The number of nitrogens with zero attached hydrogens (tertiary/aromatic N) is 4. The number of aromatic nitrogens is 4. The molecule has 2 aromatic carbocycles. The predicted octanol–water partition coefficient (Wildman–Crippen LogP) is 4.14. The van der Waals surface area contributed by atoms with Crippen LogP contribution in [0.25, 0.3) is 28.0 Å². The number of benzene rings is 2. The fourth-order valence-electron chi connectivity index (χ4n) is 3.54. The molecule has 0 aliphatic carbocycles. The van der Waals surface area contributed by atoms with E-state index in [1.807, 2.05) is 55.9 Å². The van der Waals surface area contributed by atoms with E-state index in [1.165, 1.54) is 6.07 Å². The number of hydrogen-bond donors (Lipinski definition) is 3. The van der Waals surface area contributed by atoms with Crippen molar-refractivity contribution >= 4 is 28.6 Å². The maximum absolute atomic E-state index is 11.1. The Bertz CT molecular complexity index is 1290. The van der Waals surface area contributed by atoms with E-state index in [0.717, 1.165) is 28.4 Å². The number of carbonyl (C=O) groups is 1. The van der Waals surface area contributed by atoms with Gasteiger partial charge in [-0.15, -0.1) is 10.2 Å². The van der Waals surface area contributed by atoms with Gasteiger partial charge in [-0.3, -0.25) is 9.36 Å². The largest absolute Gasteiger partial charge is 0.508 e. The van der Waals surface area contributed by atoms with Crippen LogP contribution in [0.1, 0.15) is 25.3 Å². The van der Waals surface area contributed by atoms with Crippen molar-refractivity contribution in [1.82, 2.24) is 19.3 Å². The van der Waals surface area contributed by atoms with E-state index in [-0.39, 0.29) is 23.2 Å². The van der Waals surface area contributed by atoms with Gasteiger partial charge in [-0.1, -0.05) is 25.6 Å². The molecule has 4 aromatic rings. The highest BCUT2D eigenvalue weighted by Gasteiger charge is 2.22. The molecule has 2 heterocycles. The molecule has 8 nitrogen and oxygen atoms in total. The van der Waals surface area contributed by atoms with E-state index in [2.05, 4.69) is 10.2 Å². The Balaban J connectivity index is 1.93. The summed E-state index contributed by atoms with van der Waals surface area (Å²) >= 11 is 1.05. The minimum atomic E-state index is -0.964. The zero-order chi connectivity index (χ0) is 22.3. The summed E-state index contributed by atoms with van der Waals surface area (Å²) in [6.07, 6.45) is 1.96. The summed E-state index contributed by atoms with van der Waals surface area (Å²) in [6, 6.07) is 10.8. The van der Waals surface area contributed by atoms with Gasteiger partial charge in [0.2, 0.25) is 0 Å². The van der Waals surface area contributed by atoms with Gasteiger partial charge in [-0.05, 0) is 41.8 Å². The molecule has 3 N–H and O–H groups in total. The van der Waals surface area contributed by atoms with Crippen LogP contribution in [0, 0.1) is 0 Å². The molecule has 0 atom stereocenters. The molecule has 0 aliphatic heterocycles. The lowest BCUT2D eigenvalue weighted by Gasteiger charge is -2.14. The second-order valence-electron chi connectivity index (χ2n) is 7.58. The first kappa shape index (κ1) is 20.8. The van der Waals surface area contributed by atoms with E-state index in [0.29, 0.717) is 22.1 Å². The Kier molecular flexibility index (Phi) is 5.36. The predicted molar refractivity (Wildman–Crippen MR) is 119 cm³/mol. The van der Waals surface area contributed by atoms with Crippen LogP contribution in [0.3, 0.4) is 0 Å². The van der Waals surface area contributed by atoms with Crippen molar-refractivity contribution in [2.75, 3.05) is 5.75 Å². The summed E-state index contributed by atoms with van der Waals surface area (Å²) in [6.45, 7) is 3.89. The topological polar surface area (TPSA) is 113 Å². The van der Waals surface area contributed by atoms with E-state index < -0.39 is 5.97 Å². The lowest BCUT2D eigenvalue weighted by Crippen LogP contribution is -2.03. The third-order valence-corrected chi connectivity index (χ3v) is 6.01. The van der Waals surface area contributed by atoms with Crippen LogP contribution in [0.2, 0.25) is 0 Å². The minimum absolute atomic E-state index is 0.00787. The second kappa shape index (κ2) is 7.99. The number of phenols is 2. The molecule has 0 unspecified atom stereocenters. The molecule has 2 aromatic heterocycles. The Hall–Kier alpha value is -3.46. The van der Waals surface area contributed by atoms with Gasteiger partial charge < -0.3 is 19.9 Å². The summed E-state index contributed by atoms with van der Waals surface area (Å²) < 4.78 is 3.74. The van der Waals surface area contributed by atoms with Gasteiger partial charge in [-0.2, -0.15) is 0 Å². The zero-order valence-corrected chi connectivity index (χ0v) is 18.1. The average molecular weight is 439 g/mol. The van der Waals surface area contributed by atoms with Crippen LogP contribution < -0.4 is 0 Å². The monoisotopic (exact) mass is 438 g/mol. The number of carboxylic acid groups (broad SMARTS) is 1. The Labute approximate surface area is 182 Å². The number of aryl methyl sites for hydroxylation is 1. The van der Waals surface area contributed by atoms with Crippen LogP contribution in [0.5, 0.6) is 11.5 Å². The number of hydrogen-bond acceptors (Lipinski definition) is 6. The van der Waals surface area contributed by atoms with Gasteiger partial charge in [0.1, 0.15) is 11.5 Å². The summed E-state index contributed by atoms with van der Waals surface area (Å²) in [4.78, 5) is 11.1. The molecule has 31 heavy (non-hydrogen) atoms. The quantitative estimate of drug-likeness (QED) is 0.388. The van der Waals surface area contributed by atoms with Gasteiger partial charge >= 0.3 is 5.97 Å². The number of aromatic hydroxyl groups is 2. The molecule has 0 aliphatic rings. The molecule has 0 amide bonds. The highest BCUT2D eigenvalue weighted by Crippen LogP contribution is 2.39. The van der Waals surface area contributed by atoms with E-state index in [1.54, 1.807) is 10.6 Å². The second-order valence-corrected chi connectivity index (χ2v) is 8.52. The van der Waals surface area contributed by atoms with Crippen molar-refractivity contribution in [1.29, 1.82) is 0 Å². The van der Waals surface area contributed by atoms with Crippen molar-refractivity contribution < 1.29 is 20.1 Å². The zero-order valence-electron chi connectivity index (χ0n) is 17.3. The SMILES string of the molecule is CC(C)c1cc(-c2nnc(SCC(=O)O)n2-c2ccc3c(ccn3C)c2)c(O)cc1O. The maximum atomic E-state index is 11.1. The first-order valence-electron chi connectivity index (χ1n) is 9.68. The normalized spacial score (nSPS) is 11.5. The number of phenolic OH excluding ortho intramolecular Hbond substituents is 2. The summed E-state index contributed by atoms with van der Waals surface area (Å²) in [5.41, 5.74) is 2.86. The number of fused-ring (bicyclic) bond motifs is 1. The molecule has 0 saturated heterocycles. The van der Waals surface area contributed by atoms with Crippen molar-refractivity contribution in [3.63, 3.8) is 0 Å². The number of carboxylic acids is 1. The van der Waals surface area contributed by atoms with Gasteiger partial charge in [0.05, 0.1) is 17.0 Å². The van der Waals surface area contributed by atoms with Crippen molar-refractivity contribution in [2.45, 2.75) is 24.9 Å². The molecule has 0 saturated carbocycles. The molecule has 0 spiro atoms. The Morgan fingerprint density at radius 1 is 1.10 bits per heavy atom. The van der Waals surface area contributed by atoms with Gasteiger partial charge in [0.25, 0.3) is 0 Å². The molecular weight excluding hydrogens is 416 g/mol. The van der Waals surface area contributed by atoms with E-state index >= 15 is 0 Å². The molecule has 4 rings (SSSR count). The fraction of sp³-hybridized carbons (Fsp3) is 0.227. The average Bonchev–Trinajstić information content (AvgIpc) is 3.29. The van der Waals surface area contributed by atoms with Gasteiger partial charge in [0.15, 0.2) is 11.0 Å². The van der Waals surface area contributed by atoms with Crippen LogP contribution in [0.4, 0.5) is 0 Å². The van der Waals surface area contributed by atoms with E-state index in [9.17, 15) is 15.0 Å². The summed E-state index contributed by atoms with van der Waals surface area (Å²) in [7, 11) is 1.96. The molecule has 160 valence electrons. The third kappa shape index (κ3) is 3.84. The first-order chi connectivity index (χ1) is 14.8. The van der Waals surface area contributed by atoms with Crippen molar-refractivity contribution in [2.24, 2.45) is 7.05 Å². The van der Waals surface area contributed by atoms with Crippen LogP contribution in [-0.2, 0) is 11.8 Å². The molecule has 0 radical (unpaired) electrons. The first-order valence-corrected chi connectivity index (χ1v) is 10.7. The van der Waals surface area contributed by atoms with Crippen LogP contribution in [-0.4, -0.2) is 46.4 Å².